The van der Waals surface area contributed by atoms with Crippen molar-refractivity contribution in [3.8, 4) is 0 Å². The molecular weight excluding hydrogens is 346 g/mol. The highest BCUT2D eigenvalue weighted by atomic mass is 35.5. The molecule has 1 amide bonds. The predicted octanol–water partition coefficient (Wildman–Crippen LogP) is 4.84. The second-order valence-corrected chi connectivity index (χ2v) is 6.45. The standard InChI is InChI=1S/C21H20ClN3O/c1-15(17-5-3-2-4-6-17)25-21(26)18-9-12-20(24-14-18)23-13-16-7-10-19(22)11-8-16/h2-12,14-15H,13H2,1H3,(H,23,24)(H,25,26). The molecule has 3 aromatic rings. The topological polar surface area (TPSA) is 54.0 Å². The first-order valence-electron chi connectivity index (χ1n) is 8.42. The van der Waals surface area contributed by atoms with Crippen LogP contribution in [0.4, 0.5) is 5.82 Å². The molecule has 2 N–H and O–H groups in total. The number of anilines is 1. The van der Waals surface area contributed by atoms with E-state index in [2.05, 4.69) is 15.6 Å². The van der Waals surface area contributed by atoms with Crippen LogP contribution in [0, 0.1) is 0 Å². The monoisotopic (exact) mass is 365 g/mol. The van der Waals surface area contributed by atoms with Crippen LogP contribution >= 0.6 is 11.6 Å². The Hall–Kier alpha value is -2.85. The van der Waals surface area contributed by atoms with Gasteiger partial charge in [-0.2, -0.15) is 0 Å². The number of hydrogen-bond donors (Lipinski definition) is 2. The summed E-state index contributed by atoms with van der Waals surface area (Å²) in [7, 11) is 0. The van der Waals surface area contributed by atoms with Crippen LogP contribution in [-0.2, 0) is 6.54 Å². The minimum Gasteiger partial charge on any atom is -0.366 e. The van der Waals surface area contributed by atoms with Gasteiger partial charge in [0.05, 0.1) is 11.6 Å². The lowest BCUT2D eigenvalue weighted by Crippen LogP contribution is -2.26. The van der Waals surface area contributed by atoms with Gasteiger partial charge in [0.2, 0.25) is 0 Å². The fourth-order valence-electron chi connectivity index (χ4n) is 2.53. The lowest BCUT2D eigenvalue weighted by Gasteiger charge is -2.14. The molecule has 5 heteroatoms. The summed E-state index contributed by atoms with van der Waals surface area (Å²) in [4.78, 5) is 16.7. The summed E-state index contributed by atoms with van der Waals surface area (Å²) in [6.45, 7) is 2.60. The summed E-state index contributed by atoms with van der Waals surface area (Å²) in [6.07, 6.45) is 1.58. The zero-order valence-corrected chi connectivity index (χ0v) is 15.2. The first-order valence-corrected chi connectivity index (χ1v) is 8.80. The van der Waals surface area contributed by atoms with Gasteiger partial charge >= 0.3 is 0 Å². The molecule has 26 heavy (non-hydrogen) atoms. The molecule has 3 rings (SSSR count). The van der Waals surface area contributed by atoms with E-state index in [0.29, 0.717) is 22.9 Å². The Morgan fingerprint density at radius 2 is 1.77 bits per heavy atom. The SMILES string of the molecule is CC(NC(=O)c1ccc(NCc2ccc(Cl)cc2)nc1)c1ccccc1. The molecule has 0 saturated heterocycles. The molecule has 2 aromatic carbocycles. The zero-order valence-electron chi connectivity index (χ0n) is 14.4. The molecule has 0 aliphatic rings. The third kappa shape index (κ3) is 4.83. The third-order valence-electron chi connectivity index (χ3n) is 4.06. The fraction of sp³-hybridized carbons (Fsp3) is 0.143. The number of aromatic nitrogens is 1. The van der Waals surface area contributed by atoms with E-state index in [-0.39, 0.29) is 11.9 Å². The fourth-order valence-corrected chi connectivity index (χ4v) is 2.66. The van der Waals surface area contributed by atoms with Crippen molar-refractivity contribution < 1.29 is 4.79 Å². The van der Waals surface area contributed by atoms with Gasteiger partial charge in [-0.25, -0.2) is 4.98 Å². The first kappa shape index (κ1) is 18.0. The van der Waals surface area contributed by atoms with Gasteiger partial charge in [-0.3, -0.25) is 4.79 Å². The van der Waals surface area contributed by atoms with E-state index in [4.69, 9.17) is 11.6 Å². The van der Waals surface area contributed by atoms with Gasteiger partial charge < -0.3 is 10.6 Å². The predicted molar refractivity (Wildman–Crippen MR) is 105 cm³/mol. The van der Waals surface area contributed by atoms with Crippen molar-refractivity contribution in [1.29, 1.82) is 0 Å². The van der Waals surface area contributed by atoms with E-state index >= 15 is 0 Å². The summed E-state index contributed by atoms with van der Waals surface area (Å²) in [5, 5.41) is 6.93. The quantitative estimate of drug-likeness (QED) is 0.657. The van der Waals surface area contributed by atoms with Gasteiger partial charge in [-0.1, -0.05) is 54.1 Å². The van der Waals surface area contributed by atoms with Crippen LogP contribution in [0.1, 0.15) is 34.5 Å². The van der Waals surface area contributed by atoms with E-state index in [0.717, 1.165) is 11.1 Å². The highest BCUT2D eigenvalue weighted by Crippen LogP contribution is 2.14. The zero-order chi connectivity index (χ0) is 18.4. The molecule has 0 aliphatic carbocycles. The molecule has 1 unspecified atom stereocenters. The third-order valence-corrected chi connectivity index (χ3v) is 4.31. The Morgan fingerprint density at radius 3 is 2.42 bits per heavy atom. The molecule has 1 atom stereocenters. The number of amides is 1. The van der Waals surface area contributed by atoms with Crippen molar-refractivity contribution in [2.75, 3.05) is 5.32 Å². The maximum absolute atomic E-state index is 12.4. The minimum atomic E-state index is -0.141. The van der Waals surface area contributed by atoms with Crippen LogP contribution in [-0.4, -0.2) is 10.9 Å². The van der Waals surface area contributed by atoms with Crippen molar-refractivity contribution in [1.82, 2.24) is 10.3 Å². The molecule has 4 nitrogen and oxygen atoms in total. The van der Waals surface area contributed by atoms with E-state index < -0.39 is 0 Å². The maximum Gasteiger partial charge on any atom is 0.253 e. The molecule has 0 saturated carbocycles. The molecule has 0 bridgehead atoms. The smallest absolute Gasteiger partial charge is 0.253 e. The second-order valence-electron chi connectivity index (χ2n) is 6.02. The van der Waals surface area contributed by atoms with E-state index in [1.807, 2.05) is 61.5 Å². The Balaban J connectivity index is 1.56. The van der Waals surface area contributed by atoms with Crippen LogP contribution in [0.5, 0.6) is 0 Å². The summed E-state index contributed by atoms with van der Waals surface area (Å²) in [6, 6.07) is 21.0. The maximum atomic E-state index is 12.4. The van der Waals surface area contributed by atoms with Gasteiger partial charge in [-0.05, 0) is 42.3 Å². The van der Waals surface area contributed by atoms with Crippen molar-refractivity contribution in [3.05, 3.63) is 94.6 Å². The molecule has 0 spiro atoms. The van der Waals surface area contributed by atoms with E-state index in [1.54, 1.807) is 18.3 Å². The normalized spacial score (nSPS) is 11.6. The number of nitrogens with one attached hydrogen (secondary N) is 2. The molecule has 1 heterocycles. The summed E-state index contributed by atoms with van der Waals surface area (Å²) in [5.74, 6) is 0.575. The van der Waals surface area contributed by atoms with Crippen LogP contribution in [0.25, 0.3) is 0 Å². The second kappa shape index (κ2) is 8.50. The van der Waals surface area contributed by atoms with Crippen LogP contribution in [0.2, 0.25) is 5.02 Å². The molecule has 0 fully saturated rings. The number of nitrogens with zero attached hydrogens (tertiary/aromatic N) is 1. The van der Waals surface area contributed by atoms with Gasteiger partial charge in [0.15, 0.2) is 0 Å². The first-order chi connectivity index (χ1) is 12.6. The number of pyridine rings is 1. The van der Waals surface area contributed by atoms with Crippen LogP contribution in [0.3, 0.4) is 0 Å². The Kier molecular flexibility index (Phi) is 5.87. The van der Waals surface area contributed by atoms with Crippen molar-refractivity contribution >= 4 is 23.3 Å². The lowest BCUT2D eigenvalue weighted by molar-refractivity contribution is 0.0939. The van der Waals surface area contributed by atoms with E-state index in [1.165, 1.54) is 0 Å². The Labute approximate surface area is 158 Å². The van der Waals surface area contributed by atoms with Crippen LogP contribution < -0.4 is 10.6 Å². The number of benzene rings is 2. The molecule has 0 aliphatic heterocycles. The van der Waals surface area contributed by atoms with Crippen LogP contribution in [0.15, 0.2) is 72.9 Å². The number of carbonyl (C=O) groups excluding carboxylic acids is 1. The van der Waals surface area contributed by atoms with Gasteiger partial charge in [0.1, 0.15) is 5.82 Å². The molecule has 1 aromatic heterocycles. The average molecular weight is 366 g/mol. The van der Waals surface area contributed by atoms with Crippen molar-refractivity contribution in [2.24, 2.45) is 0 Å². The minimum absolute atomic E-state index is 0.0635. The number of halogens is 1. The lowest BCUT2D eigenvalue weighted by atomic mass is 10.1. The average Bonchev–Trinajstić information content (AvgIpc) is 2.68. The van der Waals surface area contributed by atoms with Crippen molar-refractivity contribution in [3.63, 3.8) is 0 Å². The molecule has 0 radical (unpaired) electrons. The van der Waals surface area contributed by atoms with Crippen molar-refractivity contribution in [2.45, 2.75) is 19.5 Å². The molecular formula is C21H20ClN3O. The summed E-state index contributed by atoms with van der Waals surface area (Å²) in [5.41, 5.74) is 2.70. The van der Waals surface area contributed by atoms with Gasteiger partial charge in [-0.15, -0.1) is 0 Å². The summed E-state index contributed by atoms with van der Waals surface area (Å²) < 4.78 is 0. The Bertz CT molecular complexity index is 849. The summed E-state index contributed by atoms with van der Waals surface area (Å²) >= 11 is 5.88. The molecule has 132 valence electrons. The van der Waals surface area contributed by atoms with Gasteiger partial charge in [0, 0.05) is 17.8 Å². The number of carbonyl (C=O) groups is 1. The number of hydrogen-bond acceptors (Lipinski definition) is 3. The number of rotatable bonds is 6. The highest BCUT2D eigenvalue weighted by Gasteiger charge is 2.11. The van der Waals surface area contributed by atoms with E-state index in [9.17, 15) is 4.79 Å². The Morgan fingerprint density at radius 1 is 1.04 bits per heavy atom. The highest BCUT2D eigenvalue weighted by molar-refractivity contribution is 6.30. The largest absolute Gasteiger partial charge is 0.366 e. The van der Waals surface area contributed by atoms with Gasteiger partial charge in [0.25, 0.3) is 5.91 Å².